The van der Waals surface area contributed by atoms with Gasteiger partial charge in [-0.2, -0.15) is 13.2 Å². The maximum Gasteiger partial charge on any atom is 0.418 e. The summed E-state index contributed by atoms with van der Waals surface area (Å²) in [6, 6.07) is 8.61. The molecule has 3 rings (SSSR count). The van der Waals surface area contributed by atoms with Crippen molar-refractivity contribution in [1.29, 1.82) is 0 Å². The summed E-state index contributed by atoms with van der Waals surface area (Å²) < 4.78 is 39.1. The van der Waals surface area contributed by atoms with Crippen LogP contribution in [0.25, 0.3) is 10.2 Å². The summed E-state index contributed by atoms with van der Waals surface area (Å²) in [5.41, 5.74) is -0.825. The van der Waals surface area contributed by atoms with Gasteiger partial charge in [0.1, 0.15) is 5.69 Å². The van der Waals surface area contributed by atoms with Crippen molar-refractivity contribution in [1.82, 2.24) is 9.97 Å². The van der Waals surface area contributed by atoms with Crippen LogP contribution >= 0.6 is 11.3 Å². The second-order valence-electron chi connectivity index (χ2n) is 4.34. The van der Waals surface area contributed by atoms with Gasteiger partial charge in [0.15, 0.2) is 5.13 Å². The lowest BCUT2D eigenvalue weighted by Crippen LogP contribution is -2.13. The summed E-state index contributed by atoms with van der Waals surface area (Å²) in [5.74, 6) is -0.520. The van der Waals surface area contributed by atoms with Crippen LogP contribution in [0.3, 0.4) is 0 Å². The molecule has 0 saturated heterocycles. The van der Waals surface area contributed by atoms with E-state index in [-0.39, 0.29) is 16.3 Å². The summed E-state index contributed by atoms with van der Waals surface area (Å²) in [4.78, 5) is 19.7. The Labute approximate surface area is 126 Å². The number of para-hydroxylation sites is 1. The zero-order chi connectivity index (χ0) is 15.7. The third-order valence-electron chi connectivity index (χ3n) is 2.84. The van der Waals surface area contributed by atoms with E-state index in [9.17, 15) is 18.0 Å². The number of thiazole rings is 1. The number of rotatable bonds is 2. The minimum absolute atomic E-state index is 0.0994. The smallest absolute Gasteiger partial charge is 0.296 e. The highest BCUT2D eigenvalue weighted by molar-refractivity contribution is 7.22. The van der Waals surface area contributed by atoms with Crippen LogP contribution in [-0.2, 0) is 6.18 Å². The molecule has 0 fully saturated rings. The van der Waals surface area contributed by atoms with Crippen LogP contribution in [0.4, 0.5) is 18.3 Å². The van der Waals surface area contributed by atoms with Gasteiger partial charge in [0.05, 0.1) is 15.8 Å². The molecule has 0 aliphatic rings. The molecule has 0 aliphatic carbocycles. The van der Waals surface area contributed by atoms with Crippen molar-refractivity contribution in [2.75, 3.05) is 5.32 Å². The molecule has 2 heterocycles. The van der Waals surface area contributed by atoms with Gasteiger partial charge in [-0.05, 0) is 24.3 Å². The Morgan fingerprint density at radius 1 is 1.14 bits per heavy atom. The van der Waals surface area contributed by atoms with Crippen LogP contribution in [0.2, 0.25) is 0 Å². The minimum atomic E-state index is -4.49. The van der Waals surface area contributed by atoms with Gasteiger partial charge in [-0.25, -0.2) is 4.98 Å². The number of carbonyl (C=O) groups excluding carboxylic acids is 1. The van der Waals surface area contributed by atoms with Gasteiger partial charge < -0.3 is 0 Å². The summed E-state index contributed by atoms with van der Waals surface area (Å²) in [7, 11) is 0. The number of nitrogens with zero attached hydrogens (tertiary/aromatic N) is 2. The molecule has 0 spiro atoms. The van der Waals surface area contributed by atoms with E-state index < -0.39 is 17.6 Å². The molecule has 1 amide bonds. The highest BCUT2D eigenvalue weighted by atomic mass is 32.1. The summed E-state index contributed by atoms with van der Waals surface area (Å²) in [5, 5.41) is 2.56. The number of halogens is 3. The number of benzene rings is 1. The molecule has 8 heteroatoms. The standard InChI is InChI=1S/C14H8F3N3OS/c15-14(16,17)8-4-3-6-10-11(8)19-13(22-10)20-12(21)9-5-1-2-7-18-9/h1-7H,(H,19,20,21). The first-order chi connectivity index (χ1) is 10.4. The fourth-order valence-electron chi connectivity index (χ4n) is 1.89. The van der Waals surface area contributed by atoms with Gasteiger partial charge in [-0.15, -0.1) is 0 Å². The van der Waals surface area contributed by atoms with Gasteiger partial charge in [0.2, 0.25) is 0 Å². The van der Waals surface area contributed by atoms with E-state index in [4.69, 9.17) is 0 Å². The van der Waals surface area contributed by atoms with Crippen molar-refractivity contribution >= 4 is 32.6 Å². The Bertz CT molecular complexity index is 830. The van der Waals surface area contributed by atoms with E-state index in [0.717, 1.165) is 17.4 Å². The number of pyridine rings is 1. The third kappa shape index (κ3) is 2.77. The number of hydrogen-bond acceptors (Lipinski definition) is 4. The summed E-state index contributed by atoms with van der Waals surface area (Å²) >= 11 is 0.980. The molecular formula is C14H8F3N3OS. The van der Waals surface area contributed by atoms with Crippen molar-refractivity contribution in [3.63, 3.8) is 0 Å². The average molecular weight is 323 g/mol. The number of carbonyl (C=O) groups is 1. The highest BCUT2D eigenvalue weighted by Gasteiger charge is 2.33. The first-order valence-corrected chi connectivity index (χ1v) is 6.96. The lowest BCUT2D eigenvalue weighted by Gasteiger charge is -2.06. The second-order valence-corrected chi connectivity index (χ2v) is 5.37. The van der Waals surface area contributed by atoms with E-state index in [1.807, 2.05) is 0 Å². The van der Waals surface area contributed by atoms with E-state index in [1.165, 1.54) is 24.4 Å². The molecule has 4 nitrogen and oxygen atoms in total. The molecule has 3 aromatic rings. The van der Waals surface area contributed by atoms with Crippen molar-refractivity contribution in [3.8, 4) is 0 Å². The summed E-state index contributed by atoms with van der Waals surface area (Å²) in [6.07, 6.45) is -3.04. The zero-order valence-corrected chi connectivity index (χ0v) is 11.7. The van der Waals surface area contributed by atoms with Gasteiger partial charge in [0, 0.05) is 6.20 Å². The highest BCUT2D eigenvalue weighted by Crippen LogP contribution is 2.37. The maximum absolute atomic E-state index is 12.9. The number of aromatic nitrogens is 2. The van der Waals surface area contributed by atoms with Gasteiger partial charge in [0.25, 0.3) is 5.91 Å². The fraction of sp³-hybridized carbons (Fsp3) is 0.0714. The Hall–Kier alpha value is -2.48. The van der Waals surface area contributed by atoms with Crippen LogP contribution in [0.1, 0.15) is 16.1 Å². The van der Waals surface area contributed by atoms with Gasteiger partial charge >= 0.3 is 6.18 Å². The fourth-order valence-corrected chi connectivity index (χ4v) is 2.78. The SMILES string of the molecule is O=C(Nc1nc2c(C(F)(F)F)cccc2s1)c1ccccn1. The topological polar surface area (TPSA) is 54.9 Å². The number of alkyl halides is 3. The van der Waals surface area contributed by atoms with Crippen molar-refractivity contribution in [2.24, 2.45) is 0 Å². The second kappa shape index (κ2) is 5.38. The molecule has 0 saturated carbocycles. The Kier molecular flexibility index (Phi) is 3.53. The molecular weight excluding hydrogens is 315 g/mol. The normalized spacial score (nSPS) is 11.6. The monoisotopic (exact) mass is 323 g/mol. The Morgan fingerprint density at radius 3 is 2.64 bits per heavy atom. The maximum atomic E-state index is 12.9. The molecule has 2 aromatic heterocycles. The van der Waals surface area contributed by atoms with E-state index in [2.05, 4.69) is 15.3 Å². The molecule has 0 aliphatic heterocycles. The average Bonchev–Trinajstić information content (AvgIpc) is 2.89. The number of anilines is 1. The first-order valence-electron chi connectivity index (χ1n) is 6.14. The number of fused-ring (bicyclic) bond motifs is 1. The molecule has 0 radical (unpaired) electrons. The molecule has 1 N–H and O–H groups in total. The molecule has 0 unspecified atom stereocenters. The van der Waals surface area contributed by atoms with Crippen LogP contribution < -0.4 is 5.32 Å². The quantitative estimate of drug-likeness (QED) is 0.776. The van der Waals surface area contributed by atoms with Crippen molar-refractivity contribution in [2.45, 2.75) is 6.18 Å². The number of nitrogens with one attached hydrogen (secondary N) is 1. The Balaban J connectivity index is 1.95. The van der Waals surface area contributed by atoms with Crippen LogP contribution in [0.15, 0.2) is 42.6 Å². The molecule has 22 heavy (non-hydrogen) atoms. The first kappa shape index (κ1) is 14.5. The predicted octanol–water partition coefficient (Wildman–Crippen LogP) is 3.96. The molecule has 112 valence electrons. The third-order valence-corrected chi connectivity index (χ3v) is 3.78. The zero-order valence-electron chi connectivity index (χ0n) is 10.9. The number of amides is 1. The van der Waals surface area contributed by atoms with Gasteiger partial charge in [-0.1, -0.05) is 23.5 Å². The van der Waals surface area contributed by atoms with Crippen LogP contribution in [-0.4, -0.2) is 15.9 Å². The molecule has 0 bridgehead atoms. The predicted molar refractivity (Wildman–Crippen MR) is 76.8 cm³/mol. The van der Waals surface area contributed by atoms with Crippen LogP contribution in [0, 0.1) is 0 Å². The summed E-state index contributed by atoms with van der Waals surface area (Å²) in [6.45, 7) is 0. The van der Waals surface area contributed by atoms with E-state index in [1.54, 1.807) is 12.1 Å². The van der Waals surface area contributed by atoms with E-state index in [0.29, 0.717) is 4.70 Å². The van der Waals surface area contributed by atoms with Crippen molar-refractivity contribution in [3.05, 3.63) is 53.9 Å². The van der Waals surface area contributed by atoms with Gasteiger partial charge in [-0.3, -0.25) is 15.1 Å². The largest absolute Gasteiger partial charge is 0.418 e. The van der Waals surface area contributed by atoms with Crippen molar-refractivity contribution < 1.29 is 18.0 Å². The Morgan fingerprint density at radius 2 is 1.95 bits per heavy atom. The number of hydrogen-bond donors (Lipinski definition) is 1. The molecule has 1 aromatic carbocycles. The molecule has 0 atom stereocenters. The lowest BCUT2D eigenvalue weighted by molar-refractivity contribution is -0.136. The lowest BCUT2D eigenvalue weighted by atomic mass is 10.2. The minimum Gasteiger partial charge on any atom is -0.296 e. The van der Waals surface area contributed by atoms with E-state index >= 15 is 0 Å². The van der Waals surface area contributed by atoms with Crippen LogP contribution in [0.5, 0.6) is 0 Å².